The molecular formula is C32H52NO10P. The molecular weight excluding hydrogens is 589 g/mol. The summed E-state index contributed by atoms with van der Waals surface area (Å²) in [6.07, 6.45) is 15.0. The topological polar surface area (TPSA) is 186 Å². The number of carbonyl (C=O) groups excluding carboxylic acids is 2. The maximum atomic E-state index is 12.2. The third kappa shape index (κ3) is 13.9. The van der Waals surface area contributed by atoms with E-state index in [-0.39, 0.29) is 43.3 Å². The van der Waals surface area contributed by atoms with E-state index < -0.39 is 37.7 Å². The van der Waals surface area contributed by atoms with Crippen molar-refractivity contribution in [3.63, 3.8) is 0 Å². The molecule has 0 amide bonds. The summed E-state index contributed by atoms with van der Waals surface area (Å²) in [5.74, 6) is -0.134. The largest absolute Gasteiger partial charge is 0.469 e. The van der Waals surface area contributed by atoms with Gasteiger partial charge in [0.2, 0.25) is 0 Å². The summed E-state index contributed by atoms with van der Waals surface area (Å²) in [6, 6.07) is 0. The van der Waals surface area contributed by atoms with Crippen molar-refractivity contribution in [1.29, 1.82) is 0 Å². The monoisotopic (exact) mass is 641 g/mol. The van der Waals surface area contributed by atoms with E-state index in [1.165, 1.54) is 24.3 Å². The second-order valence-electron chi connectivity index (χ2n) is 12.0. The third-order valence-corrected chi connectivity index (χ3v) is 8.88. The van der Waals surface area contributed by atoms with Gasteiger partial charge in [-0.2, -0.15) is 0 Å². The van der Waals surface area contributed by atoms with Crippen LogP contribution in [0.25, 0.3) is 0 Å². The van der Waals surface area contributed by atoms with Crippen molar-refractivity contribution in [2.75, 3.05) is 6.54 Å². The van der Waals surface area contributed by atoms with Crippen LogP contribution in [0.15, 0.2) is 48.6 Å². The lowest BCUT2D eigenvalue weighted by atomic mass is 9.86. The van der Waals surface area contributed by atoms with Gasteiger partial charge in [0.25, 0.3) is 0 Å². The number of aliphatic hydroxyl groups excluding tert-OH is 1. The van der Waals surface area contributed by atoms with Crippen LogP contribution in [0.5, 0.6) is 0 Å². The molecule has 1 heterocycles. The number of rotatable bonds is 18. The zero-order valence-electron chi connectivity index (χ0n) is 26.2. The van der Waals surface area contributed by atoms with Crippen molar-refractivity contribution in [1.82, 2.24) is 0 Å². The lowest BCUT2D eigenvalue weighted by Crippen LogP contribution is -2.45. The van der Waals surface area contributed by atoms with Crippen molar-refractivity contribution < 1.29 is 48.2 Å². The molecule has 0 aromatic rings. The molecule has 0 unspecified atom stereocenters. The molecule has 44 heavy (non-hydrogen) atoms. The van der Waals surface area contributed by atoms with Crippen molar-refractivity contribution in [2.24, 2.45) is 23.5 Å². The van der Waals surface area contributed by atoms with Crippen LogP contribution < -0.4 is 5.73 Å². The summed E-state index contributed by atoms with van der Waals surface area (Å²) >= 11 is 0. The van der Waals surface area contributed by atoms with Crippen molar-refractivity contribution >= 4 is 19.8 Å². The SMILES string of the molecule is CC[C@H](C)CCC(=O)O[C@@H]1CCC[C@@H](/C=C/C=C/[C@H](O)C[C@@H](OP(=O)(O)O)[C@](O)(/C=C/[C@@H]2OC(=O)C=C[C@H]2CC)CCN)C1. The molecule has 0 saturated heterocycles. The van der Waals surface area contributed by atoms with Gasteiger partial charge < -0.3 is 35.2 Å². The van der Waals surface area contributed by atoms with Gasteiger partial charge in [-0.15, -0.1) is 0 Å². The van der Waals surface area contributed by atoms with Gasteiger partial charge in [0, 0.05) is 24.8 Å². The number of hydrogen-bond acceptors (Lipinski definition) is 9. The number of allylic oxidation sites excluding steroid dienone is 3. The van der Waals surface area contributed by atoms with Gasteiger partial charge in [-0.05, 0) is 69.4 Å². The molecule has 0 aromatic carbocycles. The van der Waals surface area contributed by atoms with Crippen LogP contribution >= 0.6 is 7.82 Å². The average molecular weight is 642 g/mol. The Labute approximate surface area is 261 Å². The highest BCUT2D eigenvalue weighted by molar-refractivity contribution is 7.46. The van der Waals surface area contributed by atoms with Gasteiger partial charge in [0.1, 0.15) is 23.9 Å². The molecule has 1 saturated carbocycles. The lowest BCUT2D eigenvalue weighted by molar-refractivity contribution is -0.151. The molecule has 8 atom stereocenters. The maximum Gasteiger partial charge on any atom is 0.469 e. The van der Waals surface area contributed by atoms with Crippen molar-refractivity contribution in [2.45, 2.75) is 115 Å². The predicted molar refractivity (Wildman–Crippen MR) is 167 cm³/mol. The van der Waals surface area contributed by atoms with E-state index >= 15 is 0 Å². The first kappa shape index (κ1) is 38.1. The number of ether oxygens (including phenoxy) is 2. The molecule has 0 radical (unpaired) electrons. The highest BCUT2D eigenvalue weighted by Crippen LogP contribution is 2.42. The number of phosphoric acid groups is 1. The van der Waals surface area contributed by atoms with Crippen LogP contribution in [0.4, 0.5) is 0 Å². The van der Waals surface area contributed by atoms with E-state index in [1.54, 1.807) is 18.2 Å². The predicted octanol–water partition coefficient (Wildman–Crippen LogP) is 4.40. The van der Waals surface area contributed by atoms with Crippen LogP contribution in [0, 0.1) is 17.8 Å². The Kier molecular flexibility index (Phi) is 16.2. The Morgan fingerprint density at radius 2 is 2.00 bits per heavy atom. The number of nitrogens with two attached hydrogens (primary N) is 1. The smallest absolute Gasteiger partial charge is 0.462 e. The standard InChI is InChI=1S/C32H52NO10P/c1-4-23(3)13-15-30(35)41-27-12-8-10-24(21-27)9-6-7-11-26(34)22-29(43-44(38,39)40)32(37,19-20-33)18-17-28-25(5-2)14-16-31(36)42-28/h6-7,9,11,14,16-18,23-29,34,37H,4-5,8,10,12-13,15,19-22,33H2,1-3H3,(H2,38,39,40)/b9-6+,11-7+,18-17+/t23-,24+,25+,26-,27+,28-,29+,32-/m0/s1. The highest BCUT2D eigenvalue weighted by Gasteiger charge is 2.40. The molecule has 0 bridgehead atoms. The number of aliphatic hydroxyl groups is 2. The van der Waals surface area contributed by atoms with E-state index in [9.17, 15) is 34.2 Å². The molecule has 2 aliphatic rings. The number of carbonyl (C=O) groups is 2. The van der Waals surface area contributed by atoms with E-state index in [0.717, 1.165) is 38.5 Å². The summed E-state index contributed by atoms with van der Waals surface area (Å²) in [4.78, 5) is 43.1. The molecule has 12 heteroatoms. The number of phosphoric ester groups is 1. The van der Waals surface area contributed by atoms with Gasteiger partial charge in [-0.25, -0.2) is 9.36 Å². The number of esters is 2. The maximum absolute atomic E-state index is 12.2. The van der Waals surface area contributed by atoms with E-state index in [1.807, 2.05) is 13.0 Å². The molecule has 1 fully saturated rings. The van der Waals surface area contributed by atoms with Crippen LogP contribution in [0.3, 0.4) is 0 Å². The Bertz CT molecular complexity index is 1070. The molecule has 2 rings (SSSR count). The third-order valence-electron chi connectivity index (χ3n) is 8.35. The molecule has 11 nitrogen and oxygen atoms in total. The summed E-state index contributed by atoms with van der Waals surface area (Å²) in [7, 11) is -5.08. The first-order valence-electron chi connectivity index (χ1n) is 15.8. The van der Waals surface area contributed by atoms with E-state index in [0.29, 0.717) is 18.8 Å². The van der Waals surface area contributed by atoms with Crippen LogP contribution in [-0.2, 0) is 28.2 Å². The second-order valence-corrected chi connectivity index (χ2v) is 13.2. The minimum atomic E-state index is -5.08. The molecule has 1 aliphatic heterocycles. The molecule has 0 aromatic heterocycles. The Balaban J connectivity index is 2.04. The van der Waals surface area contributed by atoms with Crippen molar-refractivity contribution in [3.05, 3.63) is 48.6 Å². The highest BCUT2D eigenvalue weighted by atomic mass is 31.2. The number of cyclic esters (lactones) is 1. The lowest BCUT2D eigenvalue weighted by Gasteiger charge is -2.35. The molecule has 1 aliphatic carbocycles. The molecule has 250 valence electrons. The second kappa shape index (κ2) is 18.8. The number of hydrogen-bond donors (Lipinski definition) is 5. The van der Waals surface area contributed by atoms with Crippen LogP contribution in [0.1, 0.15) is 85.0 Å². The summed E-state index contributed by atoms with van der Waals surface area (Å²) in [5, 5.41) is 22.2. The van der Waals surface area contributed by atoms with Crippen LogP contribution in [-0.4, -0.2) is 68.5 Å². The summed E-state index contributed by atoms with van der Waals surface area (Å²) in [5.41, 5.74) is 3.74. The average Bonchev–Trinajstić information content (AvgIpc) is 2.96. The Morgan fingerprint density at radius 1 is 1.25 bits per heavy atom. The Hall–Kier alpha value is -2.11. The summed E-state index contributed by atoms with van der Waals surface area (Å²) in [6.45, 7) is 6.09. The normalized spacial score (nSPS) is 26.5. The fourth-order valence-electron chi connectivity index (χ4n) is 5.46. The van der Waals surface area contributed by atoms with Crippen LogP contribution in [0.2, 0.25) is 0 Å². The molecule has 0 spiro atoms. The van der Waals surface area contributed by atoms with Gasteiger partial charge in [-0.1, -0.05) is 63.6 Å². The Morgan fingerprint density at radius 3 is 2.66 bits per heavy atom. The fraction of sp³-hybridized carbons (Fsp3) is 0.688. The summed E-state index contributed by atoms with van der Waals surface area (Å²) < 4.78 is 27.8. The minimum Gasteiger partial charge on any atom is -0.462 e. The van der Waals surface area contributed by atoms with Gasteiger partial charge >= 0.3 is 19.8 Å². The van der Waals surface area contributed by atoms with Gasteiger partial charge in [0.15, 0.2) is 0 Å². The van der Waals surface area contributed by atoms with Gasteiger partial charge in [0.05, 0.1) is 6.10 Å². The van der Waals surface area contributed by atoms with Crippen molar-refractivity contribution in [3.8, 4) is 0 Å². The molecule has 6 N–H and O–H groups in total. The minimum absolute atomic E-state index is 0.0480. The fourth-order valence-corrected chi connectivity index (χ4v) is 6.06. The first-order valence-corrected chi connectivity index (χ1v) is 17.3. The van der Waals surface area contributed by atoms with E-state index in [4.69, 9.17) is 19.7 Å². The zero-order valence-corrected chi connectivity index (χ0v) is 27.1. The first-order chi connectivity index (χ1) is 20.8. The van der Waals surface area contributed by atoms with Gasteiger partial charge in [-0.3, -0.25) is 9.32 Å². The zero-order chi connectivity index (χ0) is 32.8. The van der Waals surface area contributed by atoms with E-state index in [2.05, 4.69) is 13.8 Å². The quantitative estimate of drug-likeness (QED) is 0.0618.